The summed E-state index contributed by atoms with van der Waals surface area (Å²) in [7, 11) is 0. The Morgan fingerprint density at radius 1 is 1.08 bits per heavy atom. The molecule has 0 saturated heterocycles. The Bertz CT molecular complexity index is 985. The van der Waals surface area contributed by atoms with E-state index in [1.165, 1.54) is 19.2 Å². The lowest BCUT2D eigenvalue weighted by Gasteiger charge is -2.14. The third kappa shape index (κ3) is 3.49. The summed E-state index contributed by atoms with van der Waals surface area (Å²) in [6.07, 6.45) is 1.35. The van der Waals surface area contributed by atoms with E-state index in [2.05, 4.69) is 15.4 Å². The highest BCUT2D eigenvalue weighted by atomic mass is 19.1. The van der Waals surface area contributed by atoms with E-state index in [9.17, 15) is 18.4 Å². The zero-order chi connectivity index (χ0) is 18.7. The van der Waals surface area contributed by atoms with E-state index < -0.39 is 35.0 Å². The minimum absolute atomic E-state index is 0.361. The first kappa shape index (κ1) is 17.4. The quantitative estimate of drug-likeness (QED) is 0.780. The van der Waals surface area contributed by atoms with Crippen molar-refractivity contribution in [1.82, 2.24) is 14.8 Å². The molecular weight excluding hydrogens is 342 g/mol. The average molecular weight is 356 g/mol. The predicted molar refractivity (Wildman–Crippen MR) is 91.4 cm³/mol. The highest BCUT2D eigenvalue weighted by Crippen LogP contribution is 2.19. The molecule has 132 valence electrons. The lowest BCUT2D eigenvalue weighted by molar-refractivity contribution is -0.119. The number of benzene rings is 2. The van der Waals surface area contributed by atoms with Gasteiger partial charge in [-0.25, -0.2) is 18.3 Å². The van der Waals surface area contributed by atoms with Gasteiger partial charge in [0.2, 0.25) is 5.91 Å². The molecule has 0 saturated carbocycles. The Balaban J connectivity index is 1.85. The number of nitrogens with one attached hydrogen (secondary N) is 1. The van der Waals surface area contributed by atoms with Crippen molar-refractivity contribution in [3.05, 3.63) is 76.8 Å². The number of amides is 1. The standard InChI is InChI=1S/C18H14F2N4O2/c1-11(17(25)23-16-13(19)8-5-9-14(16)20)24-18(26)22-15(10-21-24)12-6-3-2-4-7-12/h2-11H,1H3,(H,23,25). The summed E-state index contributed by atoms with van der Waals surface area (Å²) in [4.78, 5) is 28.4. The molecule has 1 atom stereocenters. The van der Waals surface area contributed by atoms with Crippen molar-refractivity contribution >= 4 is 11.6 Å². The molecule has 0 fully saturated rings. The number of aromatic nitrogens is 3. The number of carbonyl (C=O) groups excluding carboxylic acids is 1. The molecule has 1 heterocycles. The summed E-state index contributed by atoms with van der Waals surface area (Å²) in [5.74, 6) is -2.62. The van der Waals surface area contributed by atoms with Crippen LogP contribution in [0, 0.1) is 11.6 Å². The predicted octanol–water partition coefficient (Wildman–Crippen LogP) is 2.78. The van der Waals surface area contributed by atoms with Gasteiger partial charge >= 0.3 is 5.69 Å². The van der Waals surface area contributed by atoms with Crippen molar-refractivity contribution in [1.29, 1.82) is 0 Å². The van der Waals surface area contributed by atoms with Gasteiger partial charge < -0.3 is 5.32 Å². The summed E-state index contributed by atoms with van der Waals surface area (Å²) in [5, 5.41) is 6.09. The summed E-state index contributed by atoms with van der Waals surface area (Å²) >= 11 is 0. The van der Waals surface area contributed by atoms with Gasteiger partial charge in [-0.05, 0) is 19.1 Å². The minimum atomic E-state index is -1.11. The molecule has 0 aliphatic heterocycles. The maximum Gasteiger partial charge on any atom is 0.365 e. The van der Waals surface area contributed by atoms with Gasteiger partial charge in [-0.2, -0.15) is 10.1 Å². The number of para-hydroxylation sites is 1. The number of carbonyl (C=O) groups is 1. The second-order valence-corrected chi connectivity index (χ2v) is 5.50. The van der Waals surface area contributed by atoms with Crippen LogP contribution in [0.15, 0.2) is 59.5 Å². The van der Waals surface area contributed by atoms with Crippen LogP contribution >= 0.6 is 0 Å². The molecule has 8 heteroatoms. The number of rotatable bonds is 4. The van der Waals surface area contributed by atoms with E-state index in [-0.39, 0.29) is 0 Å². The zero-order valence-electron chi connectivity index (χ0n) is 13.7. The molecule has 1 amide bonds. The van der Waals surface area contributed by atoms with Gasteiger partial charge in [-0.1, -0.05) is 36.4 Å². The number of anilines is 1. The van der Waals surface area contributed by atoms with Gasteiger partial charge in [0.1, 0.15) is 23.4 Å². The van der Waals surface area contributed by atoms with Crippen LogP contribution in [0.5, 0.6) is 0 Å². The molecule has 1 N–H and O–H groups in total. The van der Waals surface area contributed by atoms with Crippen LogP contribution in [0.1, 0.15) is 13.0 Å². The maximum atomic E-state index is 13.6. The van der Waals surface area contributed by atoms with Crippen LogP contribution in [0.4, 0.5) is 14.5 Å². The van der Waals surface area contributed by atoms with E-state index in [1.54, 1.807) is 24.3 Å². The van der Waals surface area contributed by atoms with E-state index in [1.807, 2.05) is 6.07 Å². The molecule has 0 spiro atoms. The number of nitrogens with zero attached hydrogens (tertiary/aromatic N) is 3. The third-order valence-corrected chi connectivity index (χ3v) is 3.74. The van der Waals surface area contributed by atoms with Crippen LogP contribution in [0.25, 0.3) is 11.3 Å². The van der Waals surface area contributed by atoms with E-state index >= 15 is 0 Å². The van der Waals surface area contributed by atoms with Crippen molar-refractivity contribution in [2.45, 2.75) is 13.0 Å². The van der Waals surface area contributed by atoms with Gasteiger partial charge in [0, 0.05) is 5.56 Å². The van der Waals surface area contributed by atoms with Crippen LogP contribution in [-0.4, -0.2) is 20.7 Å². The van der Waals surface area contributed by atoms with Gasteiger partial charge in [-0.3, -0.25) is 4.79 Å². The third-order valence-electron chi connectivity index (χ3n) is 3.74. The lowest BCUT2D eigenvalue weighted by Crippen LogP contribution is -2.35. The van der Waals surface area contributed by atoms with E-state index in [0.717, 1.165) is 16.8 Å². The van der Waals surface area contributed by atoms with Crippen molar-refractivity contribution in [3.8, 4) is 11.3 Å². The molecule has 2 aromatic carbocycles. The van der Waals surface area contributed by atoms with Crippen molar-refractivity contribution < 1.29 is 13.6 Å². The van der Waals surface area contributed by atoms with Crippen LogP contribution in [-0.2, 0) is 4.79 Å². The fraction of sp³-hybridized carbons (Fsp3) is 0.111. The Labute approximate surface area is 147 Å². The zero-order valence-corrected chi connectivity index (χ0v) is 13.7. The fourth-order valence-corrected chi connectivity index (χ4v) is 2.32. The molecule has 0 bridgehead atoms. The first-order valence-electron chi connectivity index (χ1n) is 7.73. The van der Waals surface area contributed by atoms with E-state index in [4.69, 9.17) is 0 Å². The number of hydrogen-bond donors (Lipinski definition) is 1. The topological polar surface area (TPSA) is 76.9 Å². The van der Waals surface area contributed by atoms with Crippen LogP contribution in [0.2, 0.25) is 0 Å². The first-order valence-corrected chi connectivity index (χ1v) is 7.73. The maximum absolute atomic E-state index is 13.6. The molecule has 1 unspecified atom stereocenters. The molecule has 0 aliphatic rings. The smallest absolute Gasteiger partial charge is 0.319 e. The monoisotopic (exact) mass is 356 g/mol. The Morgan fingerprint density at radius 2 is 1.73 bits per heavy atom. The van der Waals surface area contributed by atoms with Crippen molar-refractivity contribution in [3.63, 3.8) is 0 Å². The lowest BCUT2D eigenvalue weighted by atomic mass is 10.2. The molecular formula is C18H14F2N4O2. The Kier molecular flexibility index (Phi) is 4.83. The van der Waals surface area contributed by atoms with Crippen molar-refractivity contribution in [2.75, 3.05) is 5.32 Å². The highest BCUT2D eigenvalue weighted by Gasteiger charge is 2.21. The SMILES string of the molecule is CC(C(=O)Nc1c(F)cccc1F)n1ncc(-c2ccccc2)nc1=O. The molecule has 1 aromatic heterocycles. The van der Waals surface area contributed by atoms with E-state index in [0.29, 0.717) is 11.3 Å². The number of halogens is 2. The first-order chi connectivity index (χ1) is 12.5. The molecule has 3 rings (SSSR count). The van der Waals surface area contributed by atoms with Crippen molar-refractivity contribution in [2.24, 2.45) is 0 Å². The molecule has 26 heavy (non-hydrogen) atoms. The summed E-state index contributed by atoms with van der Waals surface area (Å²) in [5.41, 5.74) is -0.260. The Morgan fingerprint density at radius 3 is 2.35 bits per heavy atom. The molecule has 6 nitrogen and oxygen atoms in total. The normalized spacial score (nSPS) is 11.8. The van der Waals surface area contributed by atoms with Crippen LogP contribution < -0.4 is 11.0 Å². The van der Waals surface area contributed by atoms with Gasteiger partial charge in [0.25, 0.3) is 0 Å². The van der Waals surface area contributed by atoms with Gasteiger partial charge in [0.15, 0.2) is 0 Å². The highest BCUT2D eigenvalue weighted by molar-refractivity contribution is 5.93. The van der Waals surface area contributed by atoms with Crippen LogP contribution in [0.3, 0.4) is 0 Å². The Hall–Kier alpha value is -3.42. The molecule has 0 radical (unpaired) electrons. The molecule has 0 aliphatic carbocycles. The summed E-state index contributed by atoms with van der Waals surface area (Å²) < 4.78 is 28.1. The number of hydrogen-bond acceptors (Lipinski definition) is 4. The molecule has 3 aromatic rings. The minimum Gasteiger partial charge on any atom is -0.319 e. The average Bonchev–Trinajstić information content (AvgIpc) is 2.65. The second kappa shape index (κ2) is 7.22. The second-order valence-electron chi connectivity index (χ2n) is 5.50. The summed E-state index contributed by atoms with van der Waals surface area (Å²) in [6.45, 7) is 1.38. The van der Waals surface area contributed by atoms with Gasteiger partial charge in [-0.15, -0.1) is 0 Å². The fourth-order valence-electron chi connectivity index (χ4n) is 2.32. The van der Waals surface area contributed by atoms with Gasteiger partial charge in [0.05, 0.1) is 11.9 Å². The summed E-state index contributed by atoms with van der Waals surface area (Å²) in [6, 6.07) is 11.1. The largest absolute Gasteiger partial charge is 0.365 e.